The summed E-state index contributed by atoms with van der Waals surface area (Å²) in [7, 11) is 3.17. The van der Waals surface area contributed by atoms with Crippen LogP contribution in [0.4, 0.5) is 0 Å². The van der Waals surface area contributed by atoms with Crippen molar-refractivity contribution in [1.29, 1.82) is 0 Å². The second-order valence-electron chi connectivity index (χ2n) is 5.07. The van der Waals surface area contributed by atoms with Gasteiger partial charge in [-0.05, 0) is 23.9 Å². The summed E-state index contributed by atoms with van der Waals surface area (Å²) in [6.45, 7) is 1.96. The zero-order chi connectivity index (χ0) is 16.1. The van der Waals surface area contributed by atoms with Gasteiger partial charge in [0.05, 0.1) is 19.1 Å². The van der Waals surface area contributed by atoms with Crippen molar-refractivity contribution in [3.05, 3.63) is 23.1 Å². The van der Waals surface area contributed by atoms with E-state index >= 15 is 0 Å². The number of Topliss-reactive ketones (excluding diaryl/α,β-unsaturated/α-hetero) is 2. The molecule has 0 aliphatic carbocycles. The molecule has 0 unspecified atom stereocenters. The molecule has 5 heteroatoms. The Balaban J connectivity index is 2.18. The minimum absolute atomic E-state index is 0.0172. The highest BCUT2D eigenvalue weighted by Gasteiger charge is 2.14. The van der Waals surface area contributed by atoms with Crippen LogP contribution in [0.3, 0.4) is 0 Å². The van der Waals surface area contributed by atoms with Gasteiger partial charge in [0, 0.05) is 30.0 Å². The molecular formula is C17H20O4S. The van der Waals surface area contributed by atoms with Crippen LogP contribution in [-0.2, 0) is 4.79 Å². The third-order valence-electron chi connectivity index (χ3n) is 3.46. The van der Waals surface area contributed by atoms with Gasteiger partial charge in [-0.2, -0.15) is 0 Å². The Morgan fingerprint density at radius 2 is 1.68 bits per heavy atom. The minimum Gasteiger partial charge on any atom is -0.493 e. The van der Waals surface area contributed by atoms with Gasteiger partial charge < -0.3 is 9.47 Å². The number of carbonyl (C=O) groups excluding carboxylic acids is 2. The van der Waals surface area contributed by atoms with Gasteiger partial charge in [0.25, 0.3) is 0 Å². The Bertz CT molecular complexity index is 646. The lowest BCUT2D eigenvalue weighted by atomic mass is 10.1. The maximum Gasteiger partial charge on any atom is 0.173 e. The number of fused-ring (bicyclic) bond motifs is 1. The number of thiophene rings is 1. The van der Waals surface area contributed by atoms with Gasteiger partial charge in [-0.25, -0.2) is 0 Å². The molecule has 1 aromatic carbocycles. The monoisotopic (exact) mass is 320 g/mol. The first-order valence-corrected chi connectivity index (χ1v) is 8.11. The molecule has 0 saturated carbocycles. The van der Waals surface area contributed by atoms with Crippen molar-refractivity contribution in [2.75, 3.05) is 14.2 Å². The number of hydrogen-bond donors (Lipinski definition) is 0. The Hall–Kier alpha value is -1.88. The van der Waals surface area contributed by atoms with Gasteiger partial charge in [-0.1, -0.05) is 6.92 Å². The smallest absolute Gasteiger partial charge is 0.173 e. The molecule has 0 amide bonds. The first kappa shape index (κ1) is 16.5. The van der Waals surface area contributed by atoms with E-state index in [1.54, 1.807) is 14.2 Å². The number of ether oxygens (including phenoxy) is 2. The predicted octanol–water partition coefficient (Wildman–Crippen LogP) is 4.25. The van der Waals surface area contributed by atoms with Crippen LogP contribution in [0, 0.1) is 0 Å². The summed E-state index contributed by atoms with van der Waals surface area (Å²) in [5, 5.41) is 0.950. The molecular weight excluding hydrogens is 300 g/mol. The Morgan fingerprint density at radius 1 is 1.00 bits per heavy atom. The second kappa shape index (κ2) is 7.40. The molecule has 1 aromatic heterocycles. The number of ketones is 2. The molecule has 118 valence electrons. The third kappa shape index (κ3) is 3.65. The van der Waals surface area contributed by atoms with Crippen LogP contribution in [-0.4, -0.2) is 25.8 Å². The molecule has 2 rings (SSSR count). The second-order valence-corrected chi connectivity index (χ2v) is 6.15. The van der Waals surface area contributed by atoms with E-state index in [2.05, 4.69) is 0 Å². The lowest BCUT2D eigenvalue weighted by molar-refractivity contribution is -0.119. The summed E-state index contributed by atoms with van der Waals surface area (Å²) in [6.07, 6.45) is 1.98. The van der Waals surface area contributed by atoms with Crippen molar-refractivity contribution in [1.82, 2.24) is 0 Å². The highest BCUT2D eigenvalue weighted by Crippen LogP contribution is 2.36. The van der Waals surface area contributed by atoms with E-state index in [0.29, 0.717) is 29.2 Å². The maximum absolute atomic E-state index is 12.2. The third-order valence-corrected chi connectivity index (χ3v) is 4.60. The molecule has 0 bridgehead atoms. The van der Waals surface area contributed by atoms with Gasteiger partial charge in [0.1, 0.15) is 5.78 Å². The minimum atomic E-state index is 0.0172. The predicted molar refractivity (Wildman–Crippen MR) is 88.4 cm³/mol. The molecule has 1 heterocycles. The highest BCUT2D eigenvalue weighted by atomic mass is 32.1. The standard InChI is InChI=1S/C17H20O4S/c1-4-5-12(18)6-7-13(19)17-9-11-8-14(20-2)15(21-3)10-16(11)22-17/h8-10H,4-7H2,1-3H3. The molecule has 0 fully saturated rings. The van der Waals surface area contributed by atoms with Crippen LogP contribution >= 0.6 is 11.3 Å². The normalized spacial score (nSPS) is 10.7. The molecule has 0 spiro atoms. The fourth-order valence-electron chi connectivity index (χ4n) is 2.28. The van der Waals surface area contributed by atoms with Crippen molar-refractivity contribution in [3.63, 3.8) is 0 Å². The van der Waals surface area contributed by atoms with Crippen molar-refractivity contribution in [2.45, 2.75) is 32.6 Å². The van der Waals surface area contributed by atoms with E-state index in [1.165, 1.54) is 11.3 Å². The van der Waals surface area contributed by atoms with Gasteiger partial charge in [0.15, 0.2) is 17.3 Å². The van der Waals surface area contributed by atoms with Crippen LogP contribution in [0.15, 0.2) is 18.2 Å². The van der Waals surface area contributed by atoms with Gasteiger partial charge >= 0.3 is 0 Å². The van der Waals surface area contributed by atoms with E-state index in [1.807, 2.05) is 25.1 Å². The molecule has 2 aromatic rings. The number of methoxy groups -OCH3 is 2. The largest absolute Gasteiger partial charge is 0.493 e. The average Bonchev–Trinajstić information content (AvgIpc) is 2.94. The first-order valence-electron chi connectivity index (χ1n) is 7.29. The molecule has 22 heavy (non-hydrogen) atoms. The maximum atomic E-state index is 12.2. The average molecular weight is 320 g/mol. The first-order chi connectivity index (χ1) is 10.6. The molecule has 0 atom stereocenters. The van der Waals surface area contributed by atoms with Crippen LogP contribution < -0.4 is 9.47 Å². The molecule has 4 nitrogen and oxygen atoms in total. The van der Waals surface area contributed by atoms with E-state index in [9.17, 15) is 9.59 Å². The van der Waals surface area contributed by atoms with E-state index in [4.69, 9.17) is 9.47 Å². The van der Waals surface area contributed by atoms with Crippen LogP contribution in [0.5, 0.6) is 11.5 Å². The van der Waals surface area contributed by atoms with Crippen LogP contribution in [0.1, 0.15) is 42.3 Å². The van der Waals surface area contributed by atoms with Crippen molar-refractivity contribution < 1.29 is 19.1 Å². The number of hydrogen-bond acceptors (Lipinski definition) is 5. The Kier molecular flexibility index (Phi) is 5.55. The van der Waals surface area contributed by atoms with Crippen LogP contribution in [0.25, 0.3) is 10.1 Å². The topological polar surface area (TPSA) is 52.6 Å². The lowest BCUT2D eigenvalue weighted by Crippen LogP contribution is -2.02. The summed E-state index contributed by atoms with van der Waals surface area (Å²) in [4.78, 5) is 24.4. The fraction of sp³-hybridized carbons (Fsp3) is 0.412. The van der Waals surface area contributed by atoms with Gasteiger partial charge in [-0.15, -0.1) is 11.3 Å². The Labute approximate surface area is 134 Å². The molecule has 0 saturated heterocycles. The van der Waals surface area contributed by atoms with Gasteiger partial charge in [-0.3, -0.25) is 9.59 Å². The molecule has 0 radical (unpaired) electrons. The highest BCUT2D eigenvalue weighted by molar-refractivity contribution is 7.20. The summed E-state index contributed by atoms with van der Waals surface area (Å²) in [5.74, 6) is 1.46. The fourth-order valence-corrected chi connectivity index (χ4v) is 3.32. The van der Waals surface area contributed by atoms with Crippen molar-refractivity contribution in [2.24, 2.45) is 0 Å². The number of rotatable bonds is 8. The SMILES string of the molecule is CCCC(=O)CCC(=O)c1cc2cc(OC)c(OC)cc2s1. The number of benzene rings is 1. The summed E-state index contributed by atoms with van der Waals surface area (Å²) in [5.41, 5.74) is 0. The summed E-state index contributed by atoms with van der Waals surface area (Å²) < 4.78 is 11.5. The quantitative estimate of drug-likeness (QED) is 0.682. The van der Waals surface area contributed by atoms with Crippen molar-refractivity contribution >= 4 is 33.0 Å². The lowest BCUT2D eigenvalue weighted by Gasteiger charge is -2.06. The van der Waals surface area contributed by atoms with Crippen molar-refractivity contribution in [3.8, 4) is 11.5 Å². The van der Waals surface area contributed by atoms with E-state index in [-0.39, 0.29) is 18.0 Å². The zero-order valence-electron chi connectivity index (χ0n) is 13.1. The molecule has 0 aliphatic heterocycles. The van der Waals surface area contributed by atoms with E-state index in [0.717, 1.165) is 16.5 Å². The Morgan fingerprint density at radius 3 is 2.32 bits per heavy atom. The van der Waals surface area contributed by atoms with Gasteiger partial charge in [0.2, 0.25) is 0 Å². The molecule has 0 aliphatic rings. The number of carbonyl (C=O) groups is 2. The van der Waals surface area contributed by atoms with Crippen LogP contribution in [0.2, 0.25) is 0 Å². The molecule has 0 N–H and O–H groups in total. The summed E-state index contributed by atoms with van der Waals surface area (Å²) in [6, 6.07) is 5.59. The van der Waals surface area contributed by atoms with E-state index < -0.39 is 0 Å². The zero-order valence-corrected chi connectivity index (χ0v) is 13.9. The summed E-state index contributed by atoms with van der Waals surface area (Å²) >= 11 is 1.42.